The second-order valence-electron chi connectivity index (χ2n) is 5.66. The fraction of sp³-hybridized carbons (Fsp3) is 0.333. The number of aryl methyl sites for hydroxylation is 2. The number of benzene rings is 1. The third-order valence-corrected chi connectivity index (χ3v) is 4.11. The van der Waals surface area contributed by atoms with Gasteiger partial charge in [-0.25, -0.2) is 4.98 Å². The van der Waals surface area contributed by atoms with Crippen LogP contribution >= 0.6 is 0 Å². The maximum absolute atomic E-state index is 12.3. The van der Waals surface area contributed by atoms with Crippen LogP contribution in [0.15, 0.2) is 30.5 Å². The standard InChI is InChI=1S/C15H16N6O/c1-10-16-12-5-3-4-6-14(12)21(10)11-7-20(8-11)15(22)13-9-19(2)18-17-13/h3-6,9,11H,7-8H2,1-2H3. The Kier molecular flexibility index (Phi) is 2.75. The number of amides is 1. The Morgan fingerprint density at radius 1 is 1.27 bits per heavy atom. The highest BCUT2D eigenvalue weighted by Gasteiger charge is 2.34. The number of imidazole rings is 1. The van der Waals surface area contributed by atoms with Crippen LogP contribution in [0, 0.1) is 6.92 Å². The second-order valence-corrected chi connectivity index (χ2v) is 5.66. The summed E-state index contributed by atoms with van der Waals surface area (Å²) in [5.74, 6) is 0.921. The Hall–Kier alpha value is -2.70. The van der Waals surface area contributed by atoms with Crippen molar-refractivity contribution in [3.8, 4) is 0 Å². The van der Waals surface area contributed by atoms with Gasteiger partial charge in [0.05, 0.1) is 23.3 Å². The predicted molar refractivity (Wildman–Crippen MR) is 80.4 cm³/mol. The molecule has 0 aliphatic carbocycles. The van der Waals surface area contributed by atoms with Crippen LogP contribution in [0.25, 0.3) is 11.0 Å². The highest BCUT2D eigenvalue weighted by atomic mass is 16.2. The molecule has 0 N–H and O–H groups in total. The zero-order valence-electron chi connectivity index (χ0n) is 12.5. The molecule has 1 aliphatic heterocycles. The lowest BCUT2D eigenvalue weighted by Crippen LogP contribution is -2.51. The first-order valence-corrected chi connectivity index (χ1v) is 7.22. The first-order valence-electron chi connectivity index (χ1n) is 7.22. The van der Waals surface area contributed by atoms with Gasteiger partial charge in [-0.15, -0.1) is 5.10 Å². The highest BCUT2D eigenvalue weighted by Crippen LogP contribution is 2.28. The minimum Gasteiger partial charge on any atom is -0.333 e. The quantitative estimate of drug-likeness (QED) is 0.712. The molecule has 112 valence electrons. The molecule has 0 bridgehead atoms. The van der Waals surface area contributed by atoms with Crippen LogP contribution < -0.4 is 0 Å². The largest absolute Gasteiger partial charge is 0.333 e. The van der Waals surface area contributed by atoms with Crippen molar-refractivity contribution in [3.05, 3.63) is 42.0 Å². The number of aromatic nitrogens is 5. The number of carbonyl (C=O) groups excluding carboxylic acids is 1. The lowest BCUT2D eigenvalue weighted by atomic mass is 10.1. The number of rotatable bonds is 2. The molecule has 0 atom stereocenters. The van der Waals surface area contributed by atoms with E-state index < -0.39 is 0 Å². The van der Waals surface area contributed by atoms with Gasteiger partial charge < -0.3 is 9.47 Å². The number of likely N-dealkylation sites (tertiary alicyclic amines) is 1. The van der Waals surface area contributed by atoms with Gasteiger partial charge in [-0.1, -0.05) is 17.3 Å². The molecule has 0 spiro atoms. The Morgan fingerprint density at radius 2 is 2.05 bits per heavy atom. The molecule has 1 saturated heterocycles. The van der Waals surface area contributed by atoms with Gasteiger partial charge in [-0.3, -0.25) is 9.48 Å². The van der Waals surface area contributed by atoms with E-state index in [2.05, 4.69) is 25.9 Å². The molecule has 0 saturated carbocycles. The van der Waals surface area contributed by atoms with E-state index >= 15 is 0 Å². The van der Waals surface area contributed by atoms with Crippen molar-refractivity contribution < 1.29 is 4.79 Å². The number of carbonyl (C=O) groups is 1. The summed E-state index contributed by atoms with van der Waals surface area (Å²) in [6.45, 7) is 3.36. The minimum atomic E-state index is -0.0635. The average Bonchev–Trinajstić information content (AvgIpc) is 3.01. The summed E-state index contributed by atoms with van der Waals surface area (Å²) in [4.78, 5) is 18.7. The average molecular weight is 296 g/mol. The van der Waals surface area contributed by atoms with Crippen molar-refractivity contribution >= 4 is 16.9 Å². The van der Waals surface area contributed by atoms with Crippen LogP contribution in [0.4, 0.5) is 0 Å². The molecule has 3 aromatic rings. The zero-order valence-corrected chi connectivity index (χ0v) is 12.5. The zero-order chi connectivity index (χ0) is 15.3. The topological polar surface area (TPSA) is 68.8 Å². The van der Waals surface area contributed by atoms with E-state index in [1.807, 2.05) is 25.1 Å². The number of para-hydroxylation sites is 2. The molecule has 1 fully saturated rings. The van der Waals surface area contributed by atoms with E-state index in [1.54, 1.807) is 18.1 Å². The van der Waals surface area contributed by atoms with Gasteiger partial charge in [0.1, 0.15) is 5.82 Å². The van der Waals surface area contributed by atoms with Crippen LogP contribution in [-0.4, -0.2) is 48.4 Å². The SMILES string of the molecule is Cc1nc2ccccc2n1C1CN(C(=O)c2cn(C)nn2)C1. The predicted octanol–water partition coefficient (Wildman–Crippen LogP) is 1.17. The number of nitrogens with zero attached hydrogens (tertiary/aromatic N) is 6. The Balaban J connectivity index is 1.55. The molecule has 2 aromatic heterocycles. The van der Waals surface area contributed by atoms with Crippen molar-refractivity contribution in [2.75, 3.05) is 13.1 Å². The van der Waals surface area contributed by atoms with Gasteiger partial charge >= 0.3 is 0 Å². The van der Waals surface area contributed by atoms with E-state index in [0.29, 0.717) is 18.8 Å². The maximum atomic E-state index is 12.3. The van der Waals surface area contributed by atoms with Gasteiger partial charge in [0.2, 0.25) is 0 Å². The Labute approximate surface area is 127 Å². The molecule has 0 unspecified atom stereocenters. The van der Waals surface area contributed by atoms with Crippen molar-refractivity contribution in [2.24, 2.45) is 7.05 Å². The summed E-state index contributed by atoms with van der Waals surface area (Å²) in [7, 11) is 1.75. The van der Waals surface area contributed by atoms with Gasteiger partial charge in [-0.05, 0) is 19.1 Å². The minimum absolute atomic E-state index is 0.0635. The molecule has 7 nitrogen and oxygen atoms in total. The molecule has 0 radical (unpaired) electrons. The number of hydrogen-bond donors (Lipinski definition) is 0. The van der Waals surface area contributed by atoms with E-state index in [9.17, 15) is 4.79 Å². The first kappa shape index (κ1) is 13.0. The molecule has 1 aliphatic rings. The Morgan fingerprint density at radius 3 is 2.77 bits per heavy atom. The van der Waals surface area contributed by atoms with Gasteiger partial charge in [0, 0.05) is 20.1 Å². The molecule has 7 heteroatoms. The van der Waals surface area contributed by atoms with E-state index in [-0.39, 0.29) is 11.9 Å². The molecule has 4 rings (SSSR count). The van der Waals surface area contributed by atoms with Gasteiger partial charge in [-0.2, -0.15) is 0 Å². The first-order chi connectivity index (χ1) is 10.6. The fourth-order valence-corrected chi connectivity index (χ4v) is 3.02. The molecular weight excluding hydrogens is 280 g/mol. The van der Waals surface area contributed by atoms with Crippen LogP contribution in [0.1, 0.15) is 22.4 Å². The summed E-state index contributed by atoms with van der Waals surface area (Å²) in [6, 6.07) is 8.36. The summed E-state index contributed by atoms with van der Waals surface area (Å²) in [6.07, 6.45) is 1.65. The van der Waals surface area contributed by atoms with E-state index in [0.717, 1.165) is 16.9 Å². The lowest BCUT2D eigenvalue weighted by Gasteiger charge is -2.40. The summed E-state index contributed by atoms with van der Waals surface area (Å²) < 4.78 is 3.76. The Bertz CT molecular complexity index is 858. The third kappa shape index (κ3) is 1.89. The number of fused-ring (bicyclic) bond motifs is 1. The molecule has 22 heavy (non-hydrogen) atoms. The molecular formula is C15H16N6O. The number of hydrogen-bond acceptors (Lipinski definition) is 4. The van der Waals surface area contributed by atoms with Crippen molar-refractivity contribution in [2.45, 2.75) is 13.0 Å². The van der Waals surface area contributed by atoms with Gasteiger partial charge in [0.15, 0.2) is 5.69 Å². The van der Waals surface area contributed by atoms with E-state index in [4.69, 9.17) is 0 Å². The molecule has 3 heterocycles. The summed E-state index contributed by atoms with van der Waals surface area (Å²) in [5, 5.41) is 7.68. The molecule has 1 amide bonds. The lowest BCUT2D eigenvalue weighted by molar-refractivity contribution is 0.0517. The van der Waals surface area contributed by atoms with Crippen LogP contribution in [0.3, 0.4) is 0 Å². The smallest absolute Gasteiger partial charge is 0.276 e. The molecule has 1 aromatic carbocycles. The normalized spacial score (nSPS) is 15.3. The van der Waals surface area contributed by atoms with Crippen LogP contribution in [-0.2, 0) is 7.05 Å². The third-order valence-electron chi connectivity index (χ3n) is 4.11. The van der Waals surface area contributed by atoms with Crippen LogP contribution in [0.2, 0.25) is 0 Å². The monoisotopic (exact) mass is 296 g/mol. The van der Waals surface area contributed by atoms with Crippen molar-refractivity contribution in [3.63, 3.8) is 0 Å². The summed E-state index contributed by atoms with van der Waals surface area (Å²) in [5.41, 5.74) is 2.52. The second kappa shape index (κ2) is 4.66. The van der Waals surface area contributed by atoms with Crippen molar-refractivity contribution in [1.82, 2.24) is 29.4 Å². The van der Waals surface area contributed by atoms with E-state index in [1.165, 1.54) is 4.68 Å². The van der Waals surface area contributed by atoms with Crippen molar-refractivity contribution in [1.29, 1.82) is 0 Å². The fourth-order valence-electron chi connectivity index (χ4n) is 3.02. The maximum Gasteiger partial charge on any atom is 0.276 e. The highest BCUT2D eigenvalue weighted by molar-refractivity contribution is 5.92. The van der Waals surface area contributed by atoms with Gasteiger partial charge in [0.25, 0.3) is 5.91 Å². The summed E-state index contributed by atoms with van der Waals surface area (Å²) >= 11 is 0. The van der Waals surface area contributed by atoms with Crippen LogP contribution in [0.5, 0.6) is 0 Å².